The number of carbonyl (C=O) groups is 3. The highest BCUT2D eigenvalue weighted by Gasteiger charge is 2.45. The van der Waals surface area contributed by atoms with E-state index in [-0.39, 0.29) is 24.6 Å². The zero-order chi connectivity index (χ0) is 19.7. The summed E-state index contributed by atoms with van der Waals surface area (Å²) in [6.07, 6.45) is 0. The number of hydrogen-bond acceptors (Lipinski definition) is 5. The van der Waals surface area contributed by atoms with Crippen molar-refractivity contribution in [2.75, 3.05) is 6.54 Å². The zero-order valence-electron chi connectivity index (χ0n) is 15.3. The molecule has 2 heterocycles. The molecule has 8 nitrogen and oxygen atoms in total. The van der Waals surface area contributed by atoms with Gasteiger partial charge in [-0.25, -0.2) is 14.4 Å². The van der Waals surface area contributed by atoms with Gasteiger partial charge in [0.15, 0.2) is 0 Å². The smallest absolute Gasteiger partial charge is 0.263 e. The summed E-state index contributed by atoms with van der Waals surface area (Å²) in [5, 5.41) is 13.9. The zero-order valence-corrected chi connectivity index (χ0v) is 15.3. The number of aryl methyl sites for hydroxylation is 1. The fourth-order valence-electron chi connectivity index (χ4n) is 3.02. The van der Waals surface area contributed by atoms with Crippen LogP contribution >= 0.6 is 0 Å². The van der Waals surface area contributed by atoms with Crippen LogP contribution in [0.5, 0.6) is 0 Å². The third kappa shape index (κ3) is 3.19. The Hall–Kier alpha value is -3.47. The van der Waals surface area contributed by atoms with Gasteiger partial charge in [-0.15, -0.1) is 0 Å². The van der Waals surface area contributed by atoms with Crippen molar-refractivity contribution < 1.29 is 14.4 Å². The molecule has 3 rings (SSSR count). The minimum absolute atomic E-state index is 0.0393. The van der Waals surface area contributed by atoms with E-state index in [1.54, 1.807) is 19.1 Å². The number of nitriles is 1. The number of benzene rings is 1. The van der Waals surface area contributed by atoms with E-state index >= 15 is 0 Å². The van der Waals surface area contributed by atoms with Crippen molar-refractivity contribution in [2.45, 2.75) is 27.3 Å². The predicted molar refractivity (Wildman–Crippen MR) is 95.5 cm³/mol. The Morgan fingerprint density at radius 2 is 1.70 bits per heavy atom. The number of urea groups is 1. The molecule has 0 N–H and O–H groups in total. The monoisotopic (exact) mass is 365 g/mol. The van der Waals surface area contributed by atoms with Crippen molar-refractivity contribution in [3.8, 4) is 11.8 Å². The molecule has 1 saturated heterocycles. The molecule has 1 aliphatic heterocycles. The summed E-state index contributed by atoms with van der Waals surface area (Å²) in [6, 6.07) is 10.5. The van der Waals surface area contributed by atoms with Crippen molar-refractivity contribution in [2.24, 2.45) is 5.92 Å². The van der Waals surface area contributed by atoms with Crippen molar-refractivity contribution in [3.63, 3.8) is 0 Å². The summed E-state index contributed by atoms with van der Waals surface area (Å²) >= 11 is 0. The third-order valence-corrected chi connectivity index (χ3v) is 4.26. The van der Waals surface area contributed by atoms with E-state index < -0.39 is 17.8 Å². The van der Waals surface area contributed by atoms with Crippen LogP contribution in [0, 0.1) is 24.2 Å². The van der Waals surface area contributed by atoms with Crippen LogP contribution in [0.2, 0.25) is 0 Å². The van der Waals surface area contributed by atoms with Crippen LogP contribution < -0.4 is 0 Å². The number of para-hydroxylation sites is 1. The van der Waals surface area contributed by atoms with Crippen LogP contribution in [0.3, 0.4) is 0 Å². The number of nitrogens with zero attached hydrogens (tertiary/aromatic N) is 5. The molecular weight excluding hydrogens is 346 g/mol. The molecule has 27 heavy (non-hydrogen) atoms. The highest BCUT2D eigenvalue weighted by Crippen LogP contribution is 2.23. The lowest BCUT2D eigenvalue weighted by molar-refractivity contribution is -0.143. The van der Waals surface area contributed by atoms with Crippen molar-refractivity contribution in [1.29, 1.82) is 5.26 Å². The fourth-order valence-corrected chi connectivity index (χ4v) is 3.02. The minimum Gasteiger partial charge on any atom is -0.263 e. The van der Waals surface area contributed by atoms with Gasteiger partial charge in [0.1, 0.15) is 6.07 Å². The van der Waals surface area contributed by atoms with E-state index in [1.807, 2.05) is 32.0 Å². The summed E-state index contributed by atoms with van der Waals surface area (Å²) in [5.41, 5.74) is 1.86. The minimum atomic E-state index is -0.886. The second-order valence-corrected chi connectivity index (χ2v) is 6.75. The summed E-state index contributed by atoms with van der Waals surface area (Å²) < 4.78 is 1.53. The summed E-state index contributed by atoms with van der Waals surface area (Å²) in [7, 11) is 0. The molecule has 1 aromatic carbocycles. The first-order valence-corrected chi connectivity index (χ1v) is 8.56. The number of rotatable bonds is 5. The highest BCUT2D eigenvalue weighted by atomic mass is 16.2. The van der Waals surface area contributed by atoms with E-state index in [9.17, 15) is 19.6 Å². The van der Waals surface area contributed by atoms with Crippen LogP contribution in [-0.2, 0) is 16.1 Å². The largest absolute Gasteiger partial charge is 0.334 e. The molecule has 0 bridgehead atoms. The fraction of sp³-hybridized carbons (Fsp3) is 0.316. The van der Waals surface area contributed by atoms with Gasteiger partial charge in [0.2, 0.25) is 0 Å². The maximum atomic E-state index is 12.6. The van der Waals surface area contributed by atoms with Gasteiger partial charge >= 0.3 is 17.8 Å². The Balaban J connectivity index is 2.01. The van der Waals surface area contributed by atoms with Gasteiger partial charge < -0.3 is 0 Å². The first kappa shape index (κ1) is 18.3. The van der Waals surface area contributed by atoms with Crippen LogP contribution in [0.4, 0.5) is 4.79 Å². The number of aromatic nitrogens is 2. The summed E-state index contributed by atoms with van der Waals surface area (Å²) in [6.45, 7) is 5.37. The molecule has 0 spiro atoms. The molecule has 0 unspecified atom stereocenters. The Morgan fingerprint density at radius 3 is 2.30 bits per heavy atom. The first-order valence-electron chi connectivity index (χ1n) is 8.56. The quantitative estimate of drug-likeness (QED) is 0.596. The standard InChI is InChI=1S/C19H19N5O3/c1-12(2)10-22-17(25)18(26)23(19(22)27)11-16-15(9-20)13(3)21-24(16)14-7-5-4-6-8-14/h4-8,12H,10-11H2,1-3H3. The van der Waals surface area contributed by atoms with E-state index in [4.69, 9.17) is 0 Å². The van der Waals surface area contributed by atoms with Crippen LogP contribution in [0.15, 0.2) is 30.3 Å². The lowest BCUT2D eigenvalue weighted by Crippen LogP contribution is -2.35. The average Bonchev–Trinajstić information content (AvgIpc) is 3.06. The Bertz CT molecular complexity index is 956. The molecule has 1 aliphatic rings. The van der Waals surface area contributed by atoms with Gasteiger partial charge in [-0.2, -0.15) is 10.4 Å². The second-order valence-electron chi connectivity index (χ2n) is 6.75. The molecule has 8 heteroatoms. The predicted octanol–water partition coefficient (Wildman–Crippen LogP) is 2.00. The van der Waals surface area contributed by atoms with E-state index in [1.165, 1.54) is 4.68 Å². The van der Waals surface area contributed by atoms with Crippen molar-refractivity contribution in [1.82, 2.24) is 19.6 Å². The Morgan fingerprint density at radius 1 is 1.07 bits per heavy atom. The first-order chi connectivity index (χ1) is 12.8. The third-order valence-electron chi connectivity index (χ3n) is 4.26. The Labute approximate surface area is 156 Å². The topological polar surface area (TPSA) is 99.3 Å². The van der Waals surface area contributed by atoms with E-state index in [0.29, 0.717) is 17.1 Å². The average molecular weight is 365 g/mol. The lowest BCUT2D eigenvalue weighted by atomic mass is 10.2. The number of imide groups is 2. The number of carbonyl (C=O) groups excluding carboxylic acids is 3. The molecule has 4 amide bonds. The van der Waals surface area contributed by atoms with Crippen molar-refractivity contribution in [3.05, 3.63) is 47.3 Å². The van der Waals surface area contributed by atoms with Crippen LogP contribution in [0.1, 0.15) is 30.8 Å². The van der Waals surface area contributed by atoms with E-state index in [2.05, 4.69) is 11.2 Å². The van der Waals surface area contributed by atoms with Gasteiger partial charge in [0.05, 0.1) is 29.2 Å². The molecule has 0 aliphatic carbocycles. The maximum Gasteiger partial charge on any atom is 0.334 e. The molecule has 1 fully saturated rings. The van der Waals surface area contributed by atoms with Gasteiger partial charge in [-0.05, 0) is 25.0 Å². The summed E-state index contributed by atoms with van der Waals surface area (Å²) in [4.78, 5) is 39.0. The molecule has 2 aromatic rings. The highest BCUT2D eigenvalue weighted by molar-refractivity contribution is 6.44. The van der Waals surface area contributed by atoms with Crippen molar-refractivity contribution >= 4 is 17.8 Å². The van der Waals surface area contributed by atoms with Gasteiger partial charge in [-0.3, -0.25) is 14.5 Å². The molecule has 138 valence electrons. The van der Waals surface area contributed by atoms with Crippen LogP contribution in [-0.4, -0.2) is 44.0 Å². The number of amides is 4. The molecule has 0 radical (unpaired) electrons. The lowest BCUT2D eigenvalue weighted by Gasteiger charge is -2.17. The normalized spacial score (nSPS) is 14.4. The second kappa shape index (κ2) is 7.03. The van der Waals surface area contributed by atoms with Gasteiger partial charge in [-0.1, -0.05) is 32.0 Å². The molecular formula is C19H19N5O3. The van der Waals surface area contributed by atoms with Crippen LogP contribution in [0.25, 0.3) is 5.69 Å². The van der Waals surface area contributed by atoms with Gasteiger partial charge in [0, 0.05) is 6.54 Å². The SMILES string of the molecule is Cc1nn(-c2ccccc2)c(CN2C(=O)C(=O)N(CC(C)C)C2=O)c1C#N. The van der Waals surface area contributed by atoms with E-state index in [0.717, 1.165) is 9.80 Å². The maximum absolute atomic E-state index is 12.6. The molecule has 0 saturated carbocycles. The summed E-state index contributed by atoms with van der Waals surface area (Å²) in [5.74, 6) is -1.69. The molecule has 0 atom stereocenters. The number of hydrogen-bond donors (Lipinski definition) is 0. The Kier molecular flexibility index (Phi) is 4.77. The van der Waals surface area contributed by atoms with Gasteiger partial charge in [0.25, 0.3) is 0 Å². The molecule has 1 aromatic heterocycles.